The van der Waals surface area contributed by atoms with Crippen LogP contribution < -0.4 is 0 Å². The summed E-state index contributed by atoms with van der Waals surface area (Å²) in [4.78, 5) is 0. The Bertz CT molecular complexity index is 1970. The van der Waals surface area contributed by atoms with E-state index in [4.69, 9.17) is 0 Å². The van der Waals surface area contributed by atoms with E-state index in [1.165, 1.54) is 89.5 Å². The lowest BCUT2D eigenvalue weighted by Gasteiger charge is -2.14. The fourth-order valence-electron chi connectivity index (χ4n) is 8.26. The average molecular weight is 705 g/mol. The highest BCUT2D eigenvalue weighted by atomic mass is 19.1. The summed E-state index contributed by atoms with van der Waals surface area (Å²) in [7, 11) is 0. The summed E-state index contributed by atoms with van der Waals surface area (Å²) in [6.45, 7) is 12.3. The van der Waals surface area contributed by atoms with Gasteiger partial charge < -0.3 is 0 Å². The molecule has 0 amide bonds. The van der Waals surface area contributed by atoms with E-state index in [1.807, 2.05) is 27.7 Å². The molecule has 0 N–H and O–H groups in total. The van der Waals surface area contributed by atoms with Gasteiger partial charge in [-0.1, -0.05) is 117 Å². The molecule has 6 aromatic carbocycles. The molecule has 0 saturated heterocycles. The lowest BCUT2D eigenvalue weighted by Crippen LogP contribution is -1.93. The number of benzene rings is 6. The molecule has 0 aliphatic heterocycles. The summed E-state index contributed by atoms with van der Waals surface area (Å²) in [6, 6.07) is 37.9. The van der Waals surface area contributed by atoms with Crippen LogP contribution in [0.3, 0.4) is 0 Å². The Morgan fingerprint density at radius 2 is 0.623 bits per heavy atom. The lowest BCUT2D eigenvalue weighted by molar-refractivity contribution is 0.579. The molecular formula is C51H54F2. The van der Waals surface area contributed by atoms with Crippen LogP contribution in [0.1, 0.15) is 89.5 Å². The van der Waals surface area contributed by atoms with Gasteiger partial charge in [-0.3, -0.25) is 0 Å². The van der Waals surface area contributed by atoms with Crippen molar-refractivity contribution in [3.05, 3.63) is 165 Å². The minimum Gasteiger partial charge on any atom is -0.207 e. The predicted molar refractivity (Wildman–Crippen MR) is 223 cm³/mol. The third kappa shape index (κ3) is 9.41. The number of rotatable bonds is 14. The fraction of sp³-hybridized carbons (Fsp3) is 0.294. The maximum Gasteiger partial charge on any atom is 0.123 e. The van der Waals surface area contributed by atoms with Crippen LogP contribution in [0.2, 0.25) is 0 Å². The van der Waals surface area contributed by atoms with E-state index in [0.29, 0.717) is 0 Å². The summed E-state index contributed by atoms with van der Waals surface area (Å²) < 4.78 is 27.7. The molecule has 0 unspecified atom stereocenters. The molecule has 2 heteroatoms. The molecule has 272 valence electrons. The highest BCUT2D eigenvalue weighted by Crippen LogP contribution is 2.34. The predicted octanol–water partition coefficient (Wildman–Crippen LogP) is 15.0. The SMILES string of the molecule is Cc1cc(-c2c(C)cc(F)cc2C)ccc1-c1ccc(CCCCCCCCCc2ccc(-c3ccc(-c4c(C)cc(F)cc4C)cc3C)cc2)cc1. The standard InChI is InChI=1S/C51H54F2/c1-34-28-44(50-36(3)30-46(52)31-37(50)4)24-26-48(34)42-20-16-40(17-21-42)14-12-10-8-7-9-11-13-15-41-18-22-43(23-19-41)49-27-25-45(29-35(49)2)51-38(5)32-47(53)33-39(51)6/h16-33H,7-15H2,1-6H3. The first-order chi connectivity index (χ1) is 25.6. The van der Waals surface area contributed by atoms with Gasteiger partial charge >= 0.3 is 0 Å². The monoisotopic (exact) mass is 704 g/mol. The molecular weight excluding hydrogens is 651 g/mol. The van der Waals surface area contributed by atoms with Gasteiger partial charge in [-0.15, -0.1) is 0 Å². The molecule has 0 bridgehead atoms. The minimum atomic E-state index is -0.173. The fourth-order valence-corrected chi connectivity index (χ4v) is 8.26. The summed E-state index contributed by atoms with van der Waals surface area (Å²) in [5.41, 5.74) is 18.7. The molecule has 0 aromatic heterocycles. The van der Waals surface area contributed by atoms with Crippen LogP contribution in [0.5, 0.6) is 0 Å². The summed E-state index contributed by atoms with van der Waals surface area (Å²) in [5, 5.41) is 0. The lowest BCUT2D eigenvalue weighted by atomic mass is 9.91. The zero-order chi connectivity index (χ0) is 37.5. The first kappa shape index (κ1) is 37.9. The molecule has 6 aromatic rings. The first-order valence-corrected chi connectivity index (χ1v) is 19.5. The molecule has 0 nitrogen and oxygen atoms in total. The average Bonchev–Trinajstić information content (AvgIpc) is 3.11. The van der Waals surface area contributed by atoms with Crippen LogP contribution >= 0.6 is 0 Å². The van der Waals surface area contributed by atoms with Crippen molar-refractivity contribution in [2.75, 3.05) is 0 Å². The summed E-state index contributed by atoms with van der Waals surface area (Å²) in [5.74, 6) is -0.346. The quantitative estimate of drug-likeness (QED) is 0.0990. The van der Waals surface area contributed by atoms with E-state index >= 15 is 0 Å². The van der Waals surface area contributed by atoms with Gasteiger partial charge in [-0.2, -0.15) is 0 Å². The molecule has 0 fully saturated rings. The maximum atomic E-state index is 13.8. The summed E-state index contributed by atoms with van der Waals surface area (Å²) in [6.07, 6.45) is 11.3. The van der Waals surface area contributed by atoms with E-state index in [9.17, 15) is 8.78 Å². The Morgan fingerprint density at radius 1 is 0.321 bits per heavy atom. The molecule has 0 heterocycles. The van der Waals surface area contributed by atoms with E-state index in [-0.39, 0.29) is 11.6 Å². The Balaban J connectivity index is 0.888. The van der Waals surface area contributed by atoms with Gasteiger partial charge in [0.15, 0.2) is 0 Å². The summed E-state index contributed by atoms with van der Waals surface area (Å²) >= 11 is 0. The molecule has 6 rings (SSSR count). The van der Waals surface area contributed by atoms with Crippen LogP contribution in [0.15, 0.2) is 109 Å². The van der Waals surface area contributed by atoms with Gasteiger partial charge in [0.2, 0.25) is 0 Å². The molecule has 0 saturated carbocycles. The molecule has 0 aliphatic carbocycles. The zero-order valence-corrected chi connectivity index (χ0v) is 32.5. The van der Waals surface area contributed by atoms with Gasteiger partial charge in [0.05, 0.1) is 0 Å². The van der Waals surface area contributed by atoms with Crippen molar-refractivity contribution in [2.45, 2.75) is 99.3 Å². The first-order valence-electron chi connectivity index (χ1n) is 19.5. The Hall–Kier alpha value is -4.82. The highest BCUT2D eigenvalue weighted by molar-refractivity contribution is 5.78. The highest BCUT2D eigenvalue weighted by Gasteiger charge is 2.12. The smallest absolute Gasteiger partial charge is 0.123 e. The Morgan fingerprint density at radius 3 is 0.943 bits per heavy atom. The second-order valence-electron chi connectivity index (χ2n) is 15.3. The molecule has 0 spiro atoms. The Labute approximate surface area is 317 Å². The minimum absolute atomic E-state index is 0.173. The van der Waals surface area contributed by atoms with Crippen molar-refractivity contribution in [1.82, 2.24) is 0 Å². The van der Waals surface area contributed by atoms with E-state index in [0.717, 1.165) is 57.3 Å². The van der Waals surface area contributed by atoms with Crippen molar-refractivity contribution in [1.29, 1.82) is 0 Å². The van der Waals surface area contributed by atoms with Crippen molar-refractivity contribution in [3.63, 3.8) is 0 Å². The largest absolute Gasteiger partial charge is 0.207 e. The van der Waals surface area contributed by atoms with Gasteiger partial charge in [0.25, 0.3) is 0 Å². The third-order valence-corrected chi connectivity index (χ3v) is 11.0. The van der Waals surface area contributed by atoms with Gasteiger partial charge in [-0.25, -0.2) is 8.78 Å². The van der Waals surface area contributed by atoms with Gasteiger partial charge in [0.1, 0.15) is 11.6 Å². The van der Waals surface area contributed by atoms with E-state index < -0.39 is 0 Å². The zero-order valence-electron chi connectivity index (χ0n) is 32.5. The van der Waals surface area contributed by atoms with Gasteiger partial charge in [0, 0.05) is 0 Å². The number of hydrogen-bond acceptors (Lipinski definition) is 0. The van der Waals surface area contributed by atoms with Gasteiger partial charge in [-0.05, 0) is 181 Å². The molecule has 0 aliphatic rings. The molecule has 0 atom stereocenters. The molecule has 0 radical (unpaired) electrons. The third-order valence-electron chi connectivity index (χ3n) is 11.0. The topological polar surface area (TPSA) is 0 Å². The van der Waals surface area contributed by atoms with Crippen molar-refractivity contribution in [3.8, 4) is 44.5 Å². The maximum absolute atomic E-state index is 13.8. The Kier molecular flexibility index (Phi) is 12.4. The van der Waals surface area contributed by atoms with Crippen LogP contribution in [0, 0.1) is 53.2 Å². The number of hydrogen-bond donors (Lipinski definition) is 0. The number of aryl methyl sites for hydroxylation is 8. The van der Waals surface area contributed by atoms with Crippen molar-refractivity contribution >= 4 is 0 Å². The number of unbranched alkanes of at least 4 members (excludes halogenated alkanes) is 6. The second kappa shape index (κ2) is 17.3. The van der Waals surface area contributed by atoms with Crippen LogP contribution in [-0.2, 0) is 12.8 Å². The second-order valence-corrected chi connectivity index (χ2v) is 15.3. The van der Waals surface area contributed by atoms with E-state index in [1.54, 1.807) is 24.3 Å². The molecule has 53 heavy (non-hydrogen) atoms. The normalized spacial score (nSPS) is 11.3. The number of halogens is 2. The van der Waals surface area contributed by atoms with E-state index in [2.05, 4.69) is 98.8 Å². The van der Waals surface area contributed by atoms with Crippen LogP contribution in [0.25, 0.3) is 44.5 Å². The van der Waals surface area contributed by atoms with Crippen LogP contribution in [-0.4, -0.2) is 0 Å². The van der Waals surface area contributed by atoms with Crippen LogP contribution in [0.4, 0.5) is 8.78 Å². The van der Waals surface area contributed by atoms with Crippen molar-refractivity contribution < 1.29 is 8.78 Å². The van der Waals surface area contributed by atoms with Crippen molar-refractivity contribution in [2.24, 2.45) is 0 Å².